The number of nitrogens with one attached hydrogen (secondary N) is 1. The number of para-hydroxylation sites is 2. The van der Waals surface area contributed by atoms with Crippen molar-refractivity contribution in [2.24, 2.45) is 4.99 Å². The number of anilines is 1. The second-order valence-corrected chi connectivity index (χ2v) is 7.43. The van der Waals surface area contributed by atoms with E-state index >= 15 is 0 Å². The van der Waals surface area contributed by atoms with Crippen LogP contribution in [0, 0.1) is 6.57 Å². The molecule has 1 aliphatic rings. The standard InChI is InChI=1S/C21H19ClN4O2S/c1-12-16(20(27)26-14-9-5-6-10-15(14)28-3)17(13-8-7-11-24-19(13)22)18(23-2)21(25-12)29-4/h5-11,17-18H,1,3-4H3,(H,26,27). The summed E-state index contributed by atoms with van der Waals surface area (Å²) in [6.07, 6.45) is 3.45. The molecule has 1 aliphatic heterocycles. The predicted molar refractivity (Wildman–Crippen MR) is 118 cm³/mol. The van der Waals surface area contributed by atoms with Crippen LogP contribution in [0.4, 0.5) is 5.69 Å². The molecule has 0 saturated heterocycles. The molecule has 8 heteroatoms. The molecule has 0 fully saturated rings. The molecule has 0 aliphatic carbocycles. The van der Waals surface area contributed by atoms with Crippen LogP contribution < -0.4 is 10.1 Å². The lowest BCUT2D eigenvalue weighted by molar-refractivity contribution is -0.113. The molecule has 0 bridgehead atoms. The van der Waals surface area contributed by atoms with E-state index in [0.717, 1.165) is 0 Å². The number of rotatable bonds is 4. The van der Waals surface area contributed by atoms with Gasteiger partial charge in [-0.05, 0) is 31.4 Å². The molecule has 2 heterocycles. The smallest absolute Gasteiger partial charge is 0.282 e. The van der Waals surface area contributed by atoms with Crippen molar-refractivity contribution in [1.82, 2.24) is 4.98 Å². The molecule has 2 atom stereocenters. The van der Waals surface area contributed by atoms with Gasteiger partial charge in [0.25, 0.3) is 11.9 Å². The van der Waals surface area contributed by atoms with E-state index in [-0.39, 0.29) is 11.1 Å². The van der Waals surface area contributed by atoms with Crippen molar-refractivity contribution >= 4 is 40.0 Å². The maximum absolute atomic E-state index is 13.3. The summed E-state index contributed by atoms with van der Waals surface area (Å²) < 4.78 is 5.33. The summed E-state index contributed by atoms with van der Waals surface area (Å²) in [6, 6.07) is 10.0. The summed E-state index contributed by atoms with van der Waals surface area (Å²) in [5, 5.41) is 3.81. The maximum Gasteiger partial charge on any atom is 0.282 e. The number of amides is 1. The summed E-state index contributed by atoms with van der Waals surface area (Å²) in [5.41, 5.74) is 2.10. The maximum atomic E-state index is 13.3. The Hall–Kier alpha value is -2.82. The Balaban J connectivity index is 2.11. The molecule has 2 aromatic rings. The SMILES string of the molecule is [C-]#[N+]C1C(SC)=NC(C)=C(C(=O)Nc2ccccc2OC)C1c1cccnc1Cl. The molecule has 0 radical (unpaired) electrons. The van der Waals surface area contributed by atoms with E-state index in [2.05, 4.69) is 20.1 Å². The number of hydrogen-bond acceptors (Lipinski definition) is 5. The third-order valence-corrected chi connectivity index (χ3v) is 5.69. The molecule has 3 rings (SSSR count). The monoisotopic (exact) mass is 426 g/mol. The quantitative estimate of drug-likeness (QED) is 0.563. The molecule has 2 unspecified atom stereocenters. The minimum atomic E-state index is -0.659. The van der Waals surface area contributed by atoms with Crippen LogP contribution in [-0.2, 0) is 4.79 Å². The molecule has 0 spiro atoms. The molecule has 29 heavy (non-hydrogen) atoms. The minimum absolute atomic E-state index is 0.267. The number of ether oxygens (including phenoxy) is 1. The highest BCUT2D eigenvalue weighted by atomic mass is 35.5. The number of allylic oxidation sites excluding steroid dienone is 1. The zero-order valence-corrected chi connectivity index (χ0v) is 17.7. The number of nitrogens with zero attached hydrogens (tertiary/aromatic N) is 3. The van der Waals surface area contributed by atoms with Crippen molar-refractivity contribution < 1.29 is 9.53 Å². The fourth-order valence-corrected chi connectivity index (χ4v) is 4.21. The van der Waals surface area contributed by atoms with Gasteiger partial charge in [-0.2, -0.15) is 0 Å². The van der Waals surface area contributed by atoms with Gasteiger partial charge in [0, 0.05) is 17.5 Å². The van der Waals surface area contributed by atoms with Gasteiger partial charge >= 0.3 is 0 Å². The second kappa shape index (κ2) is 9.12. The normalized spacial score (nSPS) is 18.7. The number of halogens is 1. The Labute approximate surface area is 178 Å². The Bertz CT molecular complexity index is 1040. The summed E-state index contributed by atoms with van der Waals surface area (Å²) in [7, 11) is 1.54. The van der Waals surface area contributed by atoms with E-state index in [0.29, 0.717) is 33.3 Å². The van der Waals surface area contributed by atoms with Crippen molar-refractivity contribution in [2.45, 2.75) is 18.9 Å². The van der Waals surface area contributed by atoms with Crippen LogP contribution in [0.2, 0.25) is 5.15 Å². The van der Waals surface area contributed by atoms with E-state index < -0.39 is 12.0 Å². The number of methoxy groups -OCH3 is 1. The van der Waals surface area contributed by atoms with Gasteiger partial charge in [0.2, 0.25) is 0 Å². The van der Waals surface area contributed by atoms with Crippen molar-refractivity contribution in [3.8, 4) is 5.75 Å². The zero-order valence-electron chi connectivity index (χ0n) is 16.1. The van der Waals surface area contributed by atoms with Crippen LogP contribution >= 0.6 is 23.4 Å². The highest BCUT2D eigenvalue weighted by Crippen LogP contribution is 2.41. The van der Waals surface area contributed by atoms with E-state index in [1.165, 1.54) is 11.8 Å². The lowest BCUT2D eigenvalue weighted by Gasteiger charge is -2.27. The Morgan fingerprint density at radius 3 is 2.72 bits per heavy atom. The average Bonchev–Trinajstić information content (AvgIpc) is 2.73. The fourth-order valence-electron chi connectivity index (χ4n) is 3.31. The first-order valence-corrected chi connectivity index (χ1v) is 10.4. The average molecular weight is 427 g/mol. The summed E-state index contributed by atoms with van der Waals surface area (Å²) in [4.78, 5) is 25.8. The Kier molecular flexibility index (Phi) is 6.57. The van der Waals surface area contributed by atoms with Gasteiger partial charge in [-0.1, -0.05) is 29.8 Å². The van der Waals surface area contributed by atoms with E-state index in [9.17, 15) is 4.79 Å². The predicted octanol–water partition coefficient (Wildman–Crippen LogP) is 4.80. The third-order valence-electron chi connectivity index (χ3n) is 4.62. The zero-order chi connectivity index (χ0) is 21.0. The summed E-state index contributed by atoms with van der Waals surface area (Å²) in [6.45, 7) is 9.52. The van der Waals surface area contributed by atoms with Crippen LogP contribution in [0.15, 0.2) is 58.9 Å². The number of hydrogen-bond donors (Lipinski definition) is 1. The topological polar surface area (TPSA) is 67.9 Å². The number of thioether (sulfide) groups is 1. The summed E-state index contributed by atoms with van der Waals surface area (Å²) >= 11 is 7.76. The molecule has 6 nitrogen and oxygen atoms in total. The second-order valence-electron chi connectivity index (χ2n) is 6.24. The van der Waals surface area contributed by atoms with Gasteiger partial charge in [-0.3, -0.25) is 4.79 Å². The van der Waals surface area contributed by atoms with Gasteiger partial charge < -0.3 is 14.9 Å². The number of pyridine rings is 1. The first-order valence-electron chi connectivity index (χ1n) is 8.76. The number of carbonyl (C=O) groups excluding carboxylic acids is 1. The van der Waals surface area contributed by atoms with Crippen molar-refractivity contribution in [3.05, 3.63) is 76.0 Å². The molecule has 0 saturated carbocycles. The first-order chi connectivity index (χ1) is 14.0. The number of aromatic nitrogens is 1. The van der Waals surface area contributed by atoms with E-state index in [4.69, 9.17) is 22.9 Å². The fraction of sp³-hybridized carbons (Fsp3) is 0.238. The van der Waals surface area contributed by atoms with Crippen molar-refractivity contribution in [2.75, 3.05) is 18.7 Å². The molecule has 148 valence electrons. The number of benzene rings is 1. The van der Waals surface area contributed by atoms with Gasteiger partial charge in [0.1, 0.15) is 16.8 Å². The molecule has 1 aromatic carbocycles. The first kappa shape index (κ1) is 20.9. The summed E-state index contributed by atoms with van der Waals surface area (Å²) in [5.74, 6) is -0.390. The van der Waals surface area contributed by atoms with Crippen LogP contribution in [-0.4, -0.2) is 35.3 Å². The van der Waals surface area contributed by atoms with Crippen LogP contribution in [0.5, 0.6) is 5.75 Å². The van der Waals surface area contributed by atoms with Crippen LogP contribution in [0.25, 0.3) is 4.85 Å². The molecule has 1 aromatic heterocycles. The van der Waals surface area contributed by atoms with E-state index in [1.54, 1.807) is 44.5 Å². The molecular formula is C21H19ClN4O2S. The van der Waals surface area contributed by atoms with Crippen molar-refractivity contribution in [3.63, 3.8) is 0 Å². The van der Waals surface area contributed by atoms with Gasteiger partial charge in [0.05, 0.1) is 18.4 Å². The highest BCUT2D eigenvalue weighted by molar-refractivity contribution is 8.13. The van der Waals surface area contributed by atoms with Gasteiger partial charge in [0.15, 0.2) is 5.04 Å². The minimum Gasteiger partial charge on any atom is -0.495 e. The molecular weight excluding hydrogens is 408 g/mol. The third kappa shape index (κ3) is 4.14. The molecule has 1 amide bonds. The number of aliphatic imine (C=N–C) groups is 1. The lowest BCUT2D eigenvalue weighted by atomic mass is 9.83. The van der Waals surface area contributed by atoms with Crippen molar-refractivity contribution in [1.29, 1.82) is 0 Å². The highest BCUT2D eigenvalue weighted by Gasteiger charge is 2.43. The van der Waals surface area contributed by atoms with Gasteiger partial charge in [-0.25, -0.2) is 16.5 Å². The van der Waals surface area contributed by atoms with Crippen LogP contribution in [0.1, 0.15) is 18.4 Å². The van der Waals surface area contributed by atoms with Crippen LogP contribution in [0.3, 0.4) is 0 Å². The number of carbonyl (C=O) groups is 1. The largest absolute Gasteiger partial charge is 0.495 e. The Morgan fingerprint density at radius 2 is 2.07 bits per heavy atom. The molecule has 1 N–H and O–H groups in total. The lowest BCUT2D eigenvalue weighted by Crippen LogP contribution is -2.34. The Morgan fingerprint density at radius 1 is 1.31 bits per heavy atom. The van der Waals surface area contributed by atoms with Gasteiger partial charge in [-0.15, -0.1) is 11.8 Å². The van der Waals surface area contributed by atoms with E-state index in [1.807, 2.05) is 18.4 Å².